The molecule has 0 bridgehead atoms. The van der Waals surface area contributed by atoms with Crippen LogP contribution in [0.25, 0.3) is 0 Å². The quantitative estimate of drug-likeness (QED) is 0.444. The van der Waals surface area contributed by atoms with Crippen LogP contribution in [0, 0.1) is 5.41 Å². The lowest BCUT2D eigenvalue weighted by Gasteiger charge is -2.40. The Bertz CT molecular complexity index is 249. The lowest BCUT2D eigenvalue weighted by Crippen LogP contribution is -2.47. The van der Waals surface area contributed by atoms with E-state index in [9.17, 15) is 0 Å². The first kappa shape index (κ1) is 19.2. The molecule has 2 saturated heterocycles. The molecule has 3 nitrogen and oxygen atoms in total. The highest BCUT2D eigenvalue weighted by atomic mass is 15.2. The van der Waals surface area contributed by atoms with Crippen molar-refractivity contribution in [1.82, 2.24) is 9.80 Å². The number of allylic oxidation sites excluding steroid dienone is 1. The van der Waals surface area contributed by atoms with Crippen molar-refractivity contribution in [2.75, 3.05) is 26.2 Å². The summed E-state index contributed by atoms with van der Waals surface area (Å²) < 4.78 is 0. The molecule has 0 spiro atoms. The molecule has 0 amide bonds. The van der Waals surface area contributed by atoms with Gasteiger partial charge in [-0.3, -0.25) is 5.41 Å². The normalized spacial score (nSPS) is 20.1. The van der Waals surface area contributed by atoms with Crippen molar-refractivity contribution in [3.05, 3.63) is 12.7 Å². The van der Waals surface area contributed by atoms with Gasteiger partial charge in [0.2, 0.25) is 0 Å². The summed E-state index contributed by atoms with van der Waals surface area (Å²) in [5.41, 5.74) is 0. The van der Waals surface area contributed by atoms with Gasteiger partial charge in [-0.2, -0.15) is 0 Å². The van der Waals surface area contributed by atoms with Crippen LogP contribution in [0.1, 0.15) is 59.8 Å². The SMILES string of the molecule is C=CC.CC.CC(=N)N1CCC(N2CCCCC2)CC1. The Hall–Kier alpha value is -0.830. The highest BCUT2D eigenvalue weighted by Gasteiger charge is 2.25. The van der Waals surface area contributed by atoms with Gasteiger partial charge in [0.1, 0.15) is 0 Å². The predicted octanol–water partition coefficient (Wildman–Crippen LogP) is 4.15. The molecule has 2 aliphatic rings. The van der Waals surface area contributed by atoms with Gasteiger partial charge in [-0.25, -0.2) is 0 Å². The average Bonchev–Trinajstić information content (AvgIpc) is 2.51. The first-order valence-electron chi connectivity index (χ1n) is 8.30. The first-order chi connectivity index (χ1) is 9.69. The van der Waals surface area contributed by atoms with Gasteiger partial charge in [0, 0.05) is 19.1 Å². The minimum absolute atomic E-state index is 0.743. The topological polar surface area (TPSA) is 30.3 Å². The zero-order chi connectivity index (χ0) is 15.4. The van der Waals surface area contributed by atoms with Gasteiger partial charge in [-0.15, -0.1) is 6.58 Å². The second-order valence-corrected chi connectivity index (χ2v) is 5.31. The summed E-state index contributed by atoms with van der Waals surface area (Å²) in [6.45, 7) is 16.0. The van der Waals surface area contributed by atoms with Gasteiger partial charge in [0.15, 0.2) is 0 Å². The number of piperidine rings is 2. The van der Waals surface area contributed by atoms with E-state index in [0.29, 0.717) is 0 Å². The summed E-state index contributed by atoms with van der Waals surface area (Å²) in [6.07, 6.45) is 8.48. The molecule has 2 rings (SSSR count). The highest BCUT2D eigenvalue weighted by Crippen LogP contribution is 2.20. The highest BCUT2D eigenvalue weighted by molar-refractivity contribution is 5.76. The van der Waals surface area contributed by atoms with E-state index < -0.39 is 0 Å². The third-order valence-corrected chi connectivity index (χ3v) is 3.85. The van der Waals surface area contributed by atoms with Crippen LogP contribution in [0.15, 0.2) is 12.7 Å². The van der Waals surface area contributed by atoms with Gasteiger partial charge in [0.25, 0.3) is 0 Å². The molecule has 0 saturated carbocycles. The summed E-state index contributed by atoms with van der Waals surface area (Å²) in [5.74, 6) is 0.743. The molecule has 2 heterocycles. The van der Waals surface area contributed by atoms with Crippen molar-refractivity contribution in [2.24, 2.45) is 0 Å². The predicted molar refractivity (Wildman–Crippen MR) is 90.6 cm³/mol. The maximum atomic E-state index is 7.61. The van der Waals surface area contributed by atoms with E-state index in [1.807, 2.05) is 27.7 Å². The molecule has 0 atom stereocenters. The van der Waals surface area contributed by atoms with E-state index in [1.165, 1.54) is 45.2 Å². The van der Waals surface area contributed by atoms with Crippen molar-refractivity contribution in [3.63, 3.8) is 0 Å². The second-order valence-electron chi connectivity index (χ2n) is 5.31. The molecular weight excluding hydrogens is 246 g/mol. The van der Waals surface area contributed by atoms with Crippen LogP contribution in [0.3, 0.4) is 0 Å². The van der Waals surface area contributed by atoms with Crippen LogP contribution in [0.4, 0.5) is 0 Å². The molecule has 0 aromatic heterocycles. The fourth-order valence-electron chi connectivity index (χ4n) is 2.85. The molecule has 2 aliphatic heterocycles. The largest absolute Gasteiger partial charge is 0.361 e. The Labute approximate surface area is 126 Å². The van der Waals surface area contributed by atoms with Crippen molar-refractivity contribution in [1.29, 1.82) is 5.41 Å². The van der Waals surface area contributed by atoms with Crippen LogP contribution in [0.5, 0.6) is 0 Å². The van der Waals surface area contributed by atoms with Crippen molar-refractivity contribution in [3.8, 4) is 0 Å². The van der Waals surface area contributed by atoms with Gasteiger partial charge >= 0.3 is 0 Å². The Morgan fingerprint density at radius 2 is 1.50 bits per heavy atom. The van der Waals surface area contributed by atoms with E-state index in [-0.39, 0.29) is 0 Å². The molecule has 0 unspecified atom stereocenters. The summed E-state index contributed by atoms with van der Waals surface area (Å²) in [4.78, 5) is 4.89. The van der Waals surface area contributed by atoms with Gasteiger partial charge in [-0.1, -0.05) is 26.3 Å². The van der Waals surface area contributed by atoms with Gasteiger partial charge < -0.3 is 9.80 Å². The summed E-state index contributed by atoms with van der Waals surface area (Å²) in [7, 11) is 0. The Balaban J connectivity index is 0.000000641. The maximum Gasteiger partial charge on any atom is 0.0925 e. The second kappa shape index (κ2) is 12.0. The number of rotatable bonds is 1. The lowest BCUT2D eigenvalue weighted by molar-refractivity contribution is 0.114. The molecule has 3 heteroatoms. The zero-order valence-electron chi connectivity index (χ0n) is 14.1. The van der Waals surface area contributed by atoms with E-state index in [4.69, 9.17) is 5.41 Å². The number of amidine groups is 1. The zero-order valence-corrected chi connectivity index (χ0v) is 14.1. The first-order valence-corrected chi connectivity index (χ1v) is 8.30. The van der Waals surface area contributed by atoms with E-state index >= 15 is 0 Å². The third-order valence-electron chi connectivity index (χ3n) is 3.85. The molecule has 1 N–H and O–H groups in total. The molecule has 118 valence electrons. The van der Waals surface area contributed by atoms with E-state index in [1.54, 1.807) is 6.08 Å². The standard InChI is InChI=1S/C12H23N3.C3H6.C2H6/c1-11(13)14-9-5-12(6-10-14)15-7-3-2-4-8-15;1-3-2;1-2/h12-13H,2-10H2,1H3;3H,1H2,2H3;1-2H3. The Morgan fingerprint density at radius 3 is 1.90 bits per heavy atom. The summed E-state index contributed by atoms with van der Waals surface area (Å²) in [5, 5.41) is 7.61. The average molecular weight is 281 g/mol. The molecule has 0 aliphatic carbocycles. The Kier molecular flexibility index (Phi) is 11.5. The molecule has 0 aromatic carbocycles. The maximum absolute atomic E-state index is 7.61. The third kappa shape index (κ3) is 7.09. The smallest absolute Gasteiger partial charge is 0.0925 e. The number of nitrogens with one attached hydrogen (secondary N) is 1. The fraction of sp³-hybridized carbons (Fsp3) is 0.824. The number of hydrogen-bond acceptors (Lipinski definition) is 2. The Morgan fingerprint density at radius 1 is 1.05 bits per heavy atom. The van der Waals surface area contributed by atoms with Crippen LogP contribution in [0.2, 0.25) is 0 Å². The number of nitrogens with zero attached hydrogens (tertiary/aromatic N) is 2. The number of likely N-dealkylation sites (tertiary alicyclic amines) is 2. The monoisotopic (exact) mass is 281 g/mol. The van der Waals surface area contributed by atoms with Crippen molar-refractivity contribution >= 4 is 5.84 Å². The van der Waals surface area contributed by atoms with Crippen LogP contribution >= 0.6 is 0 Å². The van der Waals surface area contributed by atoms with E-state index in [2.05, 4.69) is 16.4 Å². The number of hydrogen-bond donors (Lipinski definition) is 1. The minimum atomic E-state index is 0.743. The molecule has 0 radical (unpaired) electrons. The van der Waals surface area contributed by atoms with Crippen LogP contribution in [-0.2, 0) is 0 Å². The van der Waals surface area contributed by atoms with Gasteiger partial charge in [0.05, 0.1) is 5.84 Å². The van der Waals surface area contributed by atoms with Crippen molar-refractivity contribution in [2.45, 2.75) is 65.8 Å². The summed E-state index contributed by atoms with van der Waals surface area (Å²) in [6, 6.07) is 0.806. The molecule has 0 aromatic rings. The molecular formula is C17H35N3. The van der Waals surface area contributed by atoms with Crippen LogP contribution in [-0.4, -0.2) is 47.9 Å². The minimum Gasteiger partial charge on any atom is -0.361 e. The van der Waals surface area contributed by atoms with Gasteiger partial charge in [-0.05, 0) is 52.6 Å². The molecule has 2 fully saturated rings. The lowest BCUT2D eigenvalue weighted by atomic mass is 10.00. The molecule has 20 heavy (non-hydrogen) atoms. The van der Waals surface area contributed by atoms with Crippen molar-refractivity contribution < 1.29 is 0 Å². The summed E-state index contributed by atoms with van der Waals surface area (Å²) >= 11 is 0. The van der Waals surface area contributed by atoms with Crippen LogP contribution < -0.4 is 0 Å². The van der Waals surface area contributed by atoms with E-state index in [0.717, 1.165) is 25.0 Å². The fourth-order valence-corrected chi connectivity index (χ4v) is 2.85.